The number of hydrogen-bond donors (Lipinski definition) is 0. The lowest BCUT2D eigenvalue weighted by atomic mass is 10.1. The Morgan fingerprint density at radius 3 is 2.94 bits per heavy atom. The van der Waals surface area contributed by atoms with E-state index in [9.17, 15) is 9.18 Å². The molecule has 1 rings (SSSR count). The second kappa shape index (κ2) is 6.34. The van der Waals surface area contributed by atoms with Gasteiger partial charge in [-0.2, -0.15) is 0 Å². The average Bonchev–Trinajstić information content (AvgIpc) is 2.22. The van der Waals surface area contributed by atoms with Crippen LogP contribution in [0.15, 0.2) is 18.2 Å². The SMILES string of the molecule is CC(=O)SCCC#Cc1cc(F)ccc1C. The minimum absolute atomic E-state index is 0.101. The van der Waals surface area contributed by atoms with E-state index < -0.39 is 0 Å². The van der Waals surface area contributed by atoms with E-state index in [1.54, 1.807) is 6.07 Å². The van der Waals surface area contributed by atoms with E-state index in [4.69, 9.17) is 0 Å². The van der Waals surface area contributed by atoms with Gasteiger partial charge in [0.05, 0.1) is 0 Å². The molecule has 1 aromatic rings. The molecule has 0 N–H and O–H groups in total. The number of halogens is 1. The van der Waals surface area contributed by atoms with Crippen LogP contribution in [0.2, 0.25) is 0 Å². The molecule has 0 fully saturated rings. The predicted molar refractivity (Wildman–Crippen MR) is 65.8 cm³/mol. The zero-order chi connectivity index (χ0) is 12.0. The summed E-state index contributed by atoms with van der Waals surface area (Å²) in [4.78, 5) is 10.6. The summed E-state index contributed by atoms with van der Waals surface area (Å²) in [6.45, 7) is 3.43. The molecule has 0 aliphatic heterocycles. The third-order valence-electron chi connectivity index (χ3n) is 1.96. The summed E-state index contributed by atoms with van der Waals surface area (Å²) < 4.78 is 12.9. The molecule has 0 unspecified atom stereocenters. The van der Waals surface area contributed by atoms with Gasteiger partial charge in [0, 0.05) is 24.7 Å². The first-order valence-corrected chi connectivity index (χ1v) is 5.96. The summed E-state index contributed by atoms with van der Waals surface area (Å²) in [5, 5.41) is 0.101. The van der Waals surface area contributed by atoms with Crippen LogP contribution in [0.4, 0.5) is 4.39 Å². The van der Waals surface area contributed by atoms with Gasteiger partial charge in [0.1, 0.15) is 5.82 Å². The van der Waals surface area contributed by atoms with E-state index in [1.165, 1.54) is 30.8 Å². The molecule has 0 amide bonds. The van der Waals surface area contributed by atoms with Crippen LogP contribution in [-0.4, -0.2) is 10.9 Å². The van der Waals surface area contributed by atoms with Crippen LogP contribution in [0.1, 0.15) is 24.5 Å². The number of carbonyl (C=O) groups excluding carboxylic acids is 1. The van der Waals surface area contributed by atoms with Crippen molar-refractivity contribution in [2.24, 2.45) is 0 Å². The predicted octanol–water partition coefficient (Wildman–Crippen LogP) is 3.16. The monoisotopic (exact) mass is 236 g/mol. The molecule has 0 saturated heterocycles. The summed E-state index contributed by atoms with van der Waals surface area (Å²) >= 11 is 1.26. The summed E-state index contributed by atoms with van der Waals surface area (Å²) in [5.41, 5.74) is 1.68. The molecule has 0 atom stereocenters. The molecule has 0 aliphatic rings. The van der Waals surface area contributed by atoms with Crippen molar-refractivity contribution in [2.45, 2.75) is 20.3 Å². The number of carbonyl (C=O) groups is 1. The minimum Gasteiger partial charge on any atom is -0.288 e. The standard InChI is InChI=1S/C13H13FOS/c1-10-6-7-13(14)9-12(10)5-3-4-8-16-11(2)15/h6-7,9H,4,8H2,1-2H3. The van der Waals surface area contributed by atoms with Crippen LogP contribution in [0.25, 0.3) is 0 Å². The molecule has 1 aromatic carbocycles. The Morgan fingerprint density at radius 1 is 1.50 bits per heavy atom. The van der Waals surface area contributed by atoms with Gasteiger partial charge in [-0.3, -0.25) is 4.79 Å². The van der Waals surface area contributed by atoms with E-state index in [2.05, 4.69) is 11.8 Å². The molecule has 0 aromatic heterocycles. The molecule has 0 aliphatic carbocycles. The highest BCUT2D eigenvalue weighted by atomic mass is 32.2. The Morgan fingerprint density at radius 2 is 2.25 bits per heavy atom. The number of aryl methyl sites for hydroxylation is 1. The van der Waals surface area contributed by atoms with Gasteiger partial charge in [0.2, 0.25) is 0 Å². The van der Waals surface area contributed by atoms with Crippen molar-refractivity contribution in [2.75, 3.05) is 5.75 Å². The largest absolute Gasteiger partial charge is 0.288 e. The summed E-state index contributed by atoms with van der Waals surface area (Å²) in [6, 6.07) is 4.57. The van der Waals surface area contributed by atoms with Gasteiger partial charge < -0.3 is 0 Å². The normalized spacial score (nSPS) is 9.44. The van der Waals surface area contributed by atoms with Crippen molar-refractivity contribution in [1.29, 1.82) is 0 Å². The van der Waals surface area contributed by atoms with Crippen molar-refractivity contribution in [1.82, 2.24) is 0 Å². The lowest BCUT2D eigenvalue weighted by Gasteiger charge is -1.96. The second-order valence-electron chi connectivity index (χ2n) is 3.35. The average molecular weight is 236 g/mol. The number of rotatable bonds is 2. The van der Waals surface area contributed by atoms with Crippen LogP contribution in [-0.2, 0) is 4.79 Å². The molecular formula is C13H13FOS. The molecule has 3 heteroatoms. The number of hydrogen-bond acceptors (Lipinski definition) is 2. The maximum atomic E-state index is 12.9. The van der Waals surface area contributed by atoms with E-state index in [0.717, 1.165) is 5.56 Å². The van der Waals surface area contributed by atoms with E-state index in [-0.39, 0.29) is 10.9 Å². The Kier molecular flexibility index (Phi) is 5.07. The number of thioether (sulfide) groups is 1. The Hall–Kier alpha value is -1.27. The molecule has 0 bridgehead atoms. The van der Waals surface area contributed by atoms with Crippen LogP contribution in [0, 0.1) is 24.6 Å². The van der Waals surface area contributed by atoms with Gasteiger partial charge in [-0.05, 0) is 24.6 Å². The third kappa shape index (κ3) is 4.50. The highest BCUT2D eigenvalue weighted by Crippen LogP contribution is 2.09. The zero-order valence-electron chi connectivity index (χ0n) is 9.34. The van der Waals surface area contributed by atoms with Crippen molar-refractivity contribution in [3.63, 3.8) is 0 Å². The van der Waals surface area contributed by atoms with Crippen LogP contribution in [0.5, 0.6) is 0 Å². The smallest absolute Gasteiger partial charge is 0.185 e. The summed E-state index contributed by atoms with van der Waals surface area (Å²) in [5.74, 6) is 6.27. The fraction of sp³-hybridized carbons (Fsp3) is 0.308. The molecule has 0 radical (unpaired) electrons. The van der Waals surface area contributed by atoms with Gasteiger partial charge in [-0.1, -0.05) is 29.7 Å². The van der Waals surface area contributed by atoms with Crippen molar-refractivity contribution in [3.8, 4) is 11.8 Å². The fourth-order valence-electron chi connectivity index (χ4n) is 1.13. The molecule has 16 heavy (non-hydrogen) atoms. The van der Waals surface area contributed by atoms with E-state index in [0.29, 0.717) is 17.7 Å². The first-order chi connectivity index (χ1) is 7.59. The quantitative estimate of drug-likeness (QED) is 0.579. The molecule has 84 valence electrons. The van der Waals surface area contributed by atoms with Gasteiger partial charge in [-0.25, -0.2) is 4.39 Å². The first kappa shape index (κ1) is 12.8. The topological polar surface area (TPSA) is 17.1 Å². The molecule has 0 saturated carbocycles. The second-order valence-corrected chi connectivity index (χ2v) is 4.62. The van der Waals surface area contributed by atoms with Crippen molar-refractivity contribution >= 4 is 16.9 Å². The van der Waals surface area contributed by atoms with Gasteiger partial charge >= 0.3 is 0 Å². The van der Waals surface area contributed by atoms with Crippen LogP contribution >= 0.6 is 11.8 Å². The number of benzene rings is 1. The highest BCUT2D eigenvalue weighted by Gasteiger charge is 1.96. The molecule has 0 spiro atoms. The van der Waals surface area contributed by atoms with Crippen LogP contribution in [0.3, 0.4) is 0 Å². The van der Waals surface area contributed by atoms with E-state index in [1.807, 2.05) is 6.92 Å². The maximum Gasteiger partial charge on any atom is 0.185 e. The first-order valence-electron chi connectivity index (χ1n) is 4.98. The maximum absolute atomic E-state index is 12.9. The highest BCUT2D eigenvalue weighted by molar-refractivity contribution is 8.13. The Labute approximate surface area is 99.4 Å². The lowest BCUT2D eigenvalue weighted by molar-refractivity contribution is -0.109. The Balaban J connectivity index is 2.56. The molecule has 1 nitrogen and oxygen atoms in total. The third-order valence-corrected chi connectivity index (χ3v) is 2.77. The van der Waals surface area contributed by atoms with Crippen LogP contribution < -0.4 is 0 Å². The summed E-state index contributed by atoms with van der Waals surface area (Å²) in [6.07, 6.45) is 0.639. The van der Waals surface area contributed by atoms with Gasteiger partial charge in [0.15, 0.2) is 5.12 Å². The van der Waals surface area contributed by atoms with Crippen molar-refractivity contribution < 1.29 is 9.18 Å². The van der Waals surface area contributed by atoms with Gasteiger partial charge in [0.25, 0.3) is 0 Å². The lowest BCUT2D eigenvalue weighted by Crippen LogP contribution is -1.86. The summed E-state index contributed by atoms with van der Waals surface area (Å²) in [7, 11) is 0. The van der Waals surface area contributed by atoms with Gasteiger partial charge in [-0.15, -0.1) is 0 Å². The molecule has 0 heterocycles. The van der Waals surface area contributed by atoms with Crippen molar-refractivity contribution in [3.05, 3.63) is 35.1 Å². The zero-order valence-corrected chi connectivity index (χ0v) is 10.2. The molecular weight excluding hydrogens is 223 g/mol. The fourth-order valence-corrected chi connectivity index (χ4v) is 1.62. The Bertz CT molecular complexity index is 443. The van der Waals surface area contributed by atoms with E-state index >= 15 is 0 Å². The minimum atomic E-state index is -0.270.